The molecule has 0 aliphatic heterocycles. The Kier molecular flexibility index (Phi) is 8.31. The van der Waals surface area contributed by atoms with Crippen LogP contribution in [0, 0.1) is 11.3 Å². The van der Waals surface area contributed by atoms with Gasteiger partial charge in [0, 0.05) is 25.0 Å². The number of ether oxygens (including phenoxy) is 1. The first-order valence-corrected chi connectivity index (χ1v) is 10.7. The summed E-state index contributed by atoms with van der Waals surface area (Å²) in [6.07, 6.45) is -0.392. The number of thioether (sulfide) groups is 1. The van der Waals surface area contributed by atoms with Crippen LogP contribution in [0.2, 0.25) is 0 Å². The number of carbonyl (C=O) groups excluding carboxylic acids is 2. The summed E-state index contributed by atoms with van der Waals surface area (Å²) in [6, 6.07) is 16.8. The van der Waals surface area contributed by atoms with E-state index in [4.69, 9.17) is 10.00 Å². The number of carbonyl (C=O) groups is 2. The lowest BCUT2D eigenvalue weighted by Crippen LogP contribution is -2.33. The first kappa shape index (κ1) is 23.3. The van der Waals surface area contributed by atoms with E-state index in [1.165, 1.54) is 16.7 Å². The minimum atomic E-state index is -0.545. The molecule has 0 aliphatic rings. The van der Waals surface area contributed by atoms with Crippen LogP contribution in [0.5, 0.6) is 0 Å². The lowest BCUT2D eigenvalue weighted by molar-refractivity contribution is -0.113. The van der Waals surface area contributed by atoms with Gasteiger partial charge in [-0.25, -0.2) is 4.79 Å². The van der Waals surface area contributed by atoms with Gasteiger partial charge < -0.3 is 15.0 Å². The van der Waals surface area contributed by atoms with Crippen molar-refractivity contribution >= 4 is 29.4 Å². The third-order valence-corrected chi connectivity index (χ3v) is 4.92. The van der Waals surface area contributed by atoms with Crippen LogP contribution in [0.15, 0.2) is 48.5 Å². The quantitative estimate of drug-likeness (QED) is 0.689. The average molecular weight is 426 g/mol. The number of benzene rings is 2. The summed E-state index contributed by atoms with van der Waals surface area (Å²) in [6.45, 7) is 5.86. The first-order valence-electron chi connectivity index (χ1n) is 9.56. The zero-order valence-corrected chi connectivity index (χ0v) is 18.6. The highest BCUT2D eigenvalue weighted by Gasteiger charge is 2.19. The van der Waals surface area contributed by atoms with E-state index in [1.807, 2.05) is 57.2 Å². The molecular formula is C23H27N3O3S. The van der Waals surface area contributed by atoms with Gasteiger partial charge in [-0.1, -0.05) is 24.3 Å². The van der Waals surface area contributed by atoms with E-state index in [-0.39, 0.29) is 5.91 Å². The highest BCUT2D eigenvalue weighted by molar-refractivity contribution is 7.99. The fourth-order valence-corrected chi connectivity index (χ4v) is 3.35. The number of nitrogens with one attached hydrogen (secondary N) is 1. The molecule has 0 fully saturated rings. The van der Waals surface area contributed by atoms with E-state index >= 15 is 0 Å². The van der Waals surface area contributed by atoms with Crippen LogP contribution in [-0.4, -0.2) is 35.3 Å². The molecule has 158 valence electrons. The highest BCUT2D eigenvalue weighted by atomic mass is 32.2. The van der Waals surface area contributed by atoms with Crippen LogP contribution in [0.3, 0.4) is 0 Å². The molecule has 0 saturated heterocycles. The second-order valence-electron chi connectivity index (χ2n) is 7.89. The molecule has 7 heteroatoms. The molecule has 0 bridgehead atoms. The Balaban J connectivity index is 1.82. The van der Waals surface area contributed by atoms with E-state index in [9.17, 15) is 9.59 Å². The van der Waals surface area contributed by atoms with Gasteiger partial charge in [-0.15, -0.1) is 11.8 Å². The van der Waals surface area contributed by atoms with Crippen LogP contribution in [0.4, 0.5) is 10.5 Å². The van der Waals surface area contributed by atoms with Crippen molar-refractivity contribution in [2.24, 2.45) is 0 Å². The molecule has 0 aromatic heterocycles. The topological polar surface area (TPSA) is 82.4 Å². The number of rotatable bonds is 7. The molecule has 0 spiro atoms. The van der Waals surface area contributed by atoms with E-state index < -0.39 is 11.7 Å². The maximum atomic E-state index is 12.2. The summed E-state index contributed by atoms with van der Waals surface area (Å²) in [5, 5.41) is 11.7. The van der Waals surface area contributed by atoms with Crippen LogP contribution in [0.25, 0.3) is 0 Å². The van der Waals surface area contributed by atoms with Gasteiger partial charge in [0.2, 0.25) is 5.91 Å². The van der Waals surface area contributed by atoms with Crippen molar-refractivity contribution in [2.75, 3.05) is 18.1 Å². The number of hydrogen-bond donors (Lipinski definition) is 1. The maximum Gasteiger partial charge on any atom is 0.410 e. The van der Waals surface area contributed by atoms with Crippen molar-refractivity contribution in [3.63, 3.8) is 0 Å². The molecule has 0 saturated carbocycles. The van der Waals surface area contributed by atoms with Gasteiger partial charge in [0.1, 0.15) is 5.60 Å². The van der Waals surface area contributed by atoms with E-state index in [0.717, 1.165) is 11.1 Å². The molecular weight excluding hydrogens is 398 g/mol. The van der Waals surface area contributed by atoms with Gasteiger partial charge in [-0.3, -0.25) is 4.79 Å². The van der Waals surface area contributed by atoms with Crippen molar-refractivity contribution in [1.82, 2.24) is 4.90 Å². The summed E-state index contributed by atoms with van der Waals surface area (Å²) in [7, 11) is 1.68. The van der Waals surface area contributed by atoms with Crippen molar-refractivity contribution < 1.29 is 14.3 Å². The second-order valence-corrected chi connectivity index (χ2v) is 8.87. The fraction of sp³-hybridized carbons (Fsp3) is 0.348. The molecule has 1 N–H and O–H groups in total. The molecule has 2 aromatic rings. The smallest absolute Gasteiger partial charge is 0.410 e. The Bertz CT molecular complexity index is 915. The van der Waals surface area contributed by atoms with Gasteiger partial charge in [0.25, 0.3) is 0 Å². The lowest BCUT2D eigenvalue weighted by atomic mass is 10.2. The van der Waals surface area contributed by atoms with Crippen LogP contribution in [0.1, 0.15) is 37.5 Å². The van der Waals surface area contributed by atoms with E-state index in [2.05, 4.69) is 11.4 Å². The normalized spacial score (nSPS) is 10.8. The fourth-order valence-electron chi connectivity index (χ4n) is 2.56. The Hall–Kier alpha value is -2.98. The summed E-state index contributed by atoms with van der Waals surface area (Å²) in [5.41, 5.74) is 2.73. The summed E-state index contributed by atoms with van der Waals surface area (Å²) in [5.74, 6) is 0.924. The zero-order valence-electron chi connectivity index (χ0n) is 17.8. The van der Waals surface area contributed by atoms with Gasteiger partial charge in [-0.05, 0) is 56.2 Å². The maximum absolute atomic E-state index is 12.2. The molecule has 2 rings (SSSR count). The number of hydrogen-bond acceptors (Lipinski definition) is 5. The molecule has 0 aliphatic carbocycles. The van der Waals surface area contributed by atoms with Crippen molar-refractivity contribution in [2.45, 2.75) is 38.7 Å². The molecule has 0 unspecified atom stereocenters. The molecule has 6 nitrogen and oxygen atoms in total. The molecule has 2 aromatic carbocycles. The van der Waals surface area contributed by atoms with Gasteiger partial charge in [0.15, 0.2) is 0 Å². The van der Waals surface area contributed by atoms with Gasteiger partial charge in [-0.2, -0.15) is 5.26 Å². The predicted molar refractivity (Wildman–Crippen MR) is 120 cm³/mol. The minimum Gasteiger partial charge on any atom is -0.444 e. The van der Waals surface area contributed by atoms with Crippen LogP contribution in [-0.2, 0) is 21.8 Å². The number of nitrogens with zero attached hydrogens (tertiary/aromatic N) is 2. The first-order chi connectivity index (χ1) is 14.2. The molecule has 0 heterocycles. The lowest BCUT2D eigenvalue weighted by Gasteiger charge is -2.24. The number of anilines is 1. The molecule has 2 amide bonds. The monoisotopic (exact) mass is 425 g/mol. The second kappa shape index (κ2) is 10.7. The van der Waals surface area contributed by atoms with Gasteiger partial charge >= 0.3 is 6.09 Å². The zero-order chi connectivity index (χ0) is 22.1. The van der Waals surface area contributed by atoms with Crippen molar-refractivity contribution in [3.05, 3.63) is 65.2 Å². The Morgan fingerprint density at radius 1 is 1.13 bits per heavy atom. The molecule has 30 heavy (non-hydrogen) atoms. The predicted octanol–water partition coefficient (Wildman–Crippen LogP) is 4.80. The third kappa shape index (κ3) is 8.18. The van der Waals surface area contributed by atoms with E-state index in [1.54, 1.807) is 19.2 Å². The summed E-state index contributed by atoms with van der Waals surface area (Å²) < 4.78 is 5.36. The molecule has 0 atom stereocenters. The third-order valence-electron chi connectivity index (χ3n) is 3.92. The number of amides is 2. The Labute approximate surface area is 182 Å². The van der Waals surface area contributed by atoms with Gasteiger partial charge in [0.05, 0.1) is 17.4 Å². The van der Waals surface area contributed by atoms with Crippen molar-refractivity contribution in [3.8, 4) is 6.07 Å². The highest BCUT2D eigenvalue weighted by Crippen LogP contribution is 2.17. The van der Waals surface area contributed by atoms with Crippen molar-refractivity contribution in [1.29, 1.82) is 5.26 Å². The average Bonchev–Trinajstić information content (AvgIpc) is 2.67. The summed E-state index contributed by atoms with van der Waals surface area (Å²) in [4.78, 5) is 25.9. The Morgan fingerprint density at radius 2 is 1.83 bits per heavy atom. The standard InChI is InChI=1S/C23H27N3O3S/c1-23(2,3)29-22(28)26(4)14-19-6-5-7-20(12-19)25-21(27)16-30-15-18-10-8-17(13-24)9-11-18/h5-12H,14-16H2,1-4H3,(H,25,27). The number of nitriles is 1. The van der Waals surface area contributed by atoms with E-state index in [0.29, 0.717) is 29.3 Å². The largest absolute Gasteiger partial charge is 0.444 e. The SMILES string of the molecule is CN(Cc1cccc(NC(=O)CSCc2ccc(C#N)cc2)c1)C(=O)OC(C)(C)C. The van der Waals surface area contributed by atoms with Crippen LogP contribution < -0.4 is 5.32 Å². The molecule has 0 radical (unpaired) electrons. The summed E-state index contributed by atoms with van der Waals surface area (Å²) >= 11 is 1.51. The van der Waals surface area contributed by atoms with Crippen LogP contribution >= 0.6 is 11.8 Å². The minimum absolute atomic E-state index is 0.0914. The Morgan fingerprint density at radius 3 is 2.47 bits per heavy atom.